The molecule has 3 aromatic carbocycles. The summed E-state index contributed by atoms with van der Waals surface area (Å²) < 4.78 is 14.6. The summed E-state index contributed by atoms with van der Waals surface area (Å²) in [5.74, 6) is -0.165. The molecule has 0 saturated heterocycles. The maximum Gasteiger partial charge on any atom is 0.327 e. The first-order valence-corrected chi connectivity index (χ1v) is 13.8. The van der Waals surface area contributed by atoms with Crippen LogP contribution in [0.25, 0.3) is 22.5 Å². The zero-order valence-electron chi connectivity index (χ0n) is 22.6. The van der Waals surface area contributed by atoms with Gasteiger partial charge in [0, 0.05) is 11.6 Å². The summed E-state index contributed by atoms with van der Waals surface area (Å²) in [6, 6.07) is 19.7. The smallest absolute Gasteiger partial charge is 0.327 e. The van der Waals surface area contributed by atoms with E-state index < -0.39 is 17.4 Å². The number of hydrogen-bond donors (Lipinski definition) is 2. The average Bonchev–Trinajstić information content (AvgIpc) is 3.59. The van der Waals surface area contributed by atoms with E-state index in [2.05, 4.69) is 30.8 Å². The number of para-hydroxylation sites is 1. The SMILES string of the molecule is [B]C1(C(C)C)N(C(=O)Nc2ccccc2F)c2cc(-c3ccccc3-c3nn[nH]n3)ccc2N1C1CCCCC1. The third-order valence-corrected chi connectivity index (χ3v) is 8.15. The number of halogens is 1. The average molecular weight is 535 g/mol. The molecular weight excluding hydrogens is 504 g/mol. The van der Waals surface area contributed by atoms with Crippen LogP contribution < -0.4 is 15.1 Å². The summed E-state index contributed by atoms with van der Waals surface area (Å²) in [7, 11) is 7.32. The Hall–Kier alpha value is -4.21. The van der Waals surface area contributed by atoms with E-state index in [1.165, 1.54) is 12.5 Å². The fourth-order valence-electron chi connectivity index (χ4n) is 6.14. The first-order chi connectivity index (χ1) is 19.4. The molecule has 1 aliphatic carbocycles. The molecule has 0 bridgehead atoms. The quantitative estimate of drug-likeness (QED) is 0.291. The van der Waals surface area contributed by atoms with E-state index in [0.717, 1.165) is 48.1 Å². The minimum atomic E-state index is -1.16. The normalized spacial score (nSPS) is 19.2. The van der Waals surface area contributed by atoms with Crippen molar-refractivity contribution in [1.82, 2.24) is 20.6 Å². The molecule has 0 spiro atoms. The highest BCUT2D eigenvalue weighted by Gasteiger charge is 2.52. The van der Waals surface area contributed by atoms with Gasteiger partial charge < -0.3 is 10.2 Å². The zero-order valence-corrected chi connectivity index (χ0v) is 22.6. The third-order valence-electron chi connectivity index (χ3n) is 8.15. The van der Waals surface area contributed by atoms with Crippen LogP contribution in [0.15, 0.2) is 66.7 Å². The predicted molar refractivity (Wildman–Crippen MR) is 156 cm³/mol. The molecule has 2 radical (unpaired) electrons. The molecule has 4 aromatic rings. The van der Waals surface area contributed by atoms with Crippen LogP contribution in [0.2, 0.25) is 0 Å². The Morgan fingerprint density at radius 1 is 1.02 bits per heavy atom. The topological polar surface area (TPSA) is 90.0 Å². The Bertz CT molecular complexity index is 1520. The van der Waals surface area contributed by atoms with Crippen molar-refractivity contribution in [3.8, 4) is 22.5 Å². The van der Waals surface area contributed by atoms with Gasteiger partial charge in [-0.1, -0.05) is 75.6 Å². The Labute approximate surface area is 234 Å². The van der Waals surface area contributed by atoms with E-state index in [1.807, 2.05) is 56.3 Å². The highest BCUT2D eigenvalue weighted by molar-refractivity contribution is 6.26. The number of amides is 2. The number of carbonyl (C=O) groups excluding carboxylic acids is 1. The minimum Gasteiger partial charge on any atom is -0.352 e. The maximum absolute atomic E-state index is 14.6. The number of urea groups is 1. The largest absolute Gasteiger partial charge is 0.352 e. The molecule has 1 aliphatic heterocycles. The molecule has 1 unspecified atom stereocenters. The number of aromatic nitrogens is 4. The standard InChI is InChI=1S/C30H31BFN7O/c1-19(2)30(31)38(21-10-4-3-5-11-21)26-17-16-20(22-12-6-7-13-23(22)28-34-36-37-35-28)18-27(26)39(30)29(40)33-25-15-9-8-14-24(25)32/h6-9,12-19,21H,3-5,10-11H2,1-2H3,(H,33,40)(H,34,35,36,37). The van der Waals surface area contributed by atoms with Gasteiger partial charge in [-0.15, -0.1) is 10.2 Å². The van der Waals surface area contributed by atoms with E-state index in [1.54, 1.807) is 23.1 Å². The zero-order chi connectivity index (χ0) is 27.9. The summed E-state index contributed by atoms with van der Waals surface area (Å²) >= 11 is 0. The van der Waals surface area contributed by atoms with Crippen LogP contribution in [0.1, 0.15) is 46.0 Å². The van der Waals surface area contributed by atoms with Gasteiger partial charge >= 0.3 is 6.03 Å². The Kier molecular flexibility index (Phi) is 6.77. The maximum atomic E-state index is 14.6. The van der Waals surface area contributed by atoms with E-state index in [9.17, 15) is 9.18 Å². The molecule has 40 heavy (non-hydrogen) atoms. The van der Waals surface area contributed by atoms with Crippen molar-refractivity contribution < 1.29 is 9.18 Å². The number of rotatable bonds is 5. The van der Waals surface area contributed by atoms with Crippen LogP contribution in [0.5, 0.6) is 0 Å². The fraction of sp³-hybridized carbons (Fsp3) is 0.333. The van der Waals surface area contributed by atoms with E-state index in [4.69, 9.17) is 7.85 Å². The lowest BCUT2D eigenvalue weighted by atomic mass is 9.73. The van der Waals surface area contributed by atoms with Crippen molar-refractivity contribution in [3.05, 3.63) is 72.5 Å². The van der Waals surface area contributed by atoms with Gasteiger partial charge in [-0.3, -0.25) is 4.90 Å². The van der Waals surface area contributed by atoms with Crippen molar-refractivity contribution in [2.75, 3.05) is 15.1 Å². The second-order valence-corrected chi connectivity index (χ2v) is 10.8. The second kappa shape index (κ2) is 10.4. The number of H-pyrrole nitrogens is 1. The lowest BCUT2D eigenvalue weighted by Crippen LogP contribution is -2.66. The summed E-state index contributed by atoms with van der Waals surface area (Å²) in [6.45, 7) is 4.05. The predicted octanol–water partition coefficient (Wildman–Crippen LogP) is 6.34. The molecule has 1 aromatic heterocycles. The molecule has 2 aliphatic rings. The molecule has 10 heteroatoms. The Morgan fingerprint density at radius 2 is 1.75 bits per heavy atom. The lowest BCUT2D eigenvalue weighted by molar-refractivity contribution is 0.247. The van der Waals surface area contributed by atoms with Gasteiger partial charge in [-0.2, -0.15) is 5.21 Å². The van der Waals surface area contributed by atoms with Crippen molar-refractivity contribution in [1.29, 1.82) is 0 Å². The number of hydrogen-bond acceptors (Lipinski definition) is 5. The molecule has 1 saturated carbocycles. The molecule has 1 atom stereocenters. The molecular formula is C30H31BFN7O. The number of carbonyl (C=O) groups is 1. The molecule has 2 heterocycles. The van der Waals surface area contributed by atoms with Gasteiger partial charge in [0.1, 0.15) is 13.7 Å². The van der Waals surface area contributed by atoms with Gasteiger partial charge in [0.25, 0.3) is 0 Å². The van der Waals surface area contributed by atoms with Crippen molar-refractivity contribution >= 4 is 30.9 Å². The van der Waals surface area contributed by atoms with Crippen LogP contribution in [-0.4, -0.2) is 46.1 Å². The van der Waals surface area contributed by atoms with Gasteiger partial charge in [-0.25, -0.2) is 9.18 Å². The fourth-order valence-corrected chi connectivity index (χ4v) is 6.14. The Morgan fingerprint density at radius 3 is 2.45 bits per heavy atom. The Balaban J connectivity index is 1.51. The number of tetrazole rings is 1. The molecule has 6 rings (SSSR count). The first-order valence-electron chi connectivity index (χ1n) is 13.8. The van der Waals surface area contributed by atoms with Gasteiger partial charge in [0.05, 0.1) is 22.6 Å². The van der Waals surface area contributed by atoms with Crippen LogP contribution in [0.3, 0.4) is 0 Å². The number of benzene rings is 3. The first kappa shape index (κ1) is 26.0. The van der Waals surface area contributed by atoms with Crippen LogP contribution >= 0.6 is 0 Å². The third kappa shape index (κ3) is 4.31. The molecule has 2 N–H and O–H groups in total. The highest BCUT2D eigenvalue weighted by Crippen LogP contribution is 2.51. The lowest BCUT2D eigenvalue weighted by Gasteiger charge is -2.50. The van der Waals surface area contributed by atoms with Gasteiger partial charge in [0.15, 0.2) is 0 Å². The van der Waals surface area contributed by atoms with E-state index in [0.29, 0.717) is 11.5 Å². The van der Waals surface area contributed by atoms with Crippen LogP contribution in [0, 0.1) is 11.7 Å². The summed E-state index contributed by atoms with van der Waals surface area (Å²) in [5, 5.41) is 17.4. The minimum absolute atomic E-state index is 0.106. The number of nitrogens with zero attached hydrogens (tertiary/aromatic N) is 5. The monoisotopic (exact) mass is 535 g/mol. The van der Waals surface area contributed by atoms with Gasteiger partial charge in [0.2, 0.25) is 5.82 Å². The van der Waals surface area contributed by atoms with Crippen molar-refractivity contribution in [2.45, 2.75) is 57.6 Å². The van der Waals surface area contributed by atoms with Crippen molar-refractivity contribution in [3.63, 3.8) is 0 Å². The number of anilines is 3. The molecule has 2 amide bonds. The summed E-state index contributed by atoms with van der Waals surface area (Å²) in [4.78, 5) is 17.9. The van der Waals surface area contributed by atoms with Crippen molar-refractivity contribution in [2.24, 2.45) is 5.92 Å². The van der Waals surface area contributed by atoms with E-state index >= 15 is 0 Å². The highest BCUT2D eigenvalue weighted by atomic mass is 19.1. The summed E-state index contributed by atoms with van der Waals surface area (Å²) in [5.41, 5.74) is 3.09. The van der Waals surface area contributed by atoms with Gasteiger partial charge in [-0.05, 0) is 59.4 Å². The molecule has 202 valence electrons. The summed E-state index contributed by atoms with van der Waals surface area (Å²) in [6.07, 6.45) is 5.41. The molecule has 1 fully saturated rings. The second-order valence-electron chi connectivity index (χ2n) is 10.8. The molecule has 8 nitrogen and oxygen atoms in total. The van der Waals surface area contributed by atoms with Crippen LogP contribution in [0.4, 0.5) is 26.2 Å². The number of nitrogens with one attached hydrogen (secondary N) is 2. The van der Waals surface area contributed by atoms with E-state index in [-0.39, 0.29) is 17.6 Å². The number of aromatic amines is 1. The number of fused-ring (bicyclic) bond motifs is 1. The van der Waals surface area contributed by atoms with Crippen LogP contribution in [-0.2, 0) is 0 Å².